The minimum absolute atomic E-state index is 0.103. The van der Waals surface area contributed by atoms with Crippen LogP contribution in [0.25, 0.3) is 6.08 Å². The van der Waals surface area contributed by atoms with Crippen molar-refractivity contribution in [1.82, 2.24) is 15.3 Å². The van der Waals surface area contributed by atoms with Crippen LogP contribution in [0, 0.1) is 0 Å². The van der Waals surface area contributed by atoms with E-state index in [4.69, 9.17) is 0 Å². The van der Waals surface area contributed by atoms with E-state index in [2.05, 4.69) is 15.3 Å². The third-order valence-corrected chi connectivity index (χ3v) is 2.91. The molecule has 1 amide bonds. The maximum Gasteiger partial charge on any atom is 0.244 e. The van der Waals surface area contributed by atoms with Crippen LogP contribution >= 0.6 is 11.3 Å². The average molecular weight is 259 g/mol. The number of amides is 1. The Kier molecular flexibility index (Phi) is 4.60. The predicted molar refractivity (Wildman–Crippen MR) is 72.1 cm³/mol. The van der Waals surface area contributed by atoms with Crippen LogP contribution in [0.1, 0.15) is 11.3 Å². The molecule has 5 heteroatoms. The Labute approximate surface area is 109 Å². The van der Waals surface area contributed by atoms with Crippen LogP contribution in [0.5, 0.6) is 0 Å². The van der Waals surface area contributed by atoms with Crippen molar-refractivity contribution in [2.24, 2.45) is 0 Å². The molecule has 0 saturated carbocycles. The summed E-state index contributed by atoms with van der Waals surface area (Å²) in [7, 11) is 0. The van der Waals surface area contributed by atoms with Gasteiger partial charge in [0.25, 0.3) is 0 Å². The van der Waals surface area contributed by atoms with Crippen molar-refractivity contribution < 1.29 is 4.79 Å². The molecule has 0 radical (unpaired) electrons. The van der Waals surface area contributed by atoms with Gasteiger partial charge in [0.1, 0.15) is 0 Å². The second kappa shape index (κ2) is 6.66. The van der Waals surface area contributed by atoms with Gasteiger partial charge in [0.15, 0.2) is 0 Å². The molecule has 2 aromatic heterocycles. The minimum Gasteiger partial charge on any atom is -0.352 e. The van der Waals surface area contributed by atoms with E-state index in [1.807, 2.05) is 17.5 Å². The van der Waals surface area contributed by atoms with Crippen LogP contribution in [0.15, 0.2) is 41.5 Å². The van der Waals surface area contributed by atoms with Crippen molar-refractivity contribution in [1.29, 1.82) is 0 Å². The standard InChI is InChI=1S/C13H13N3OS/c17-13(4-3-11-2-1-6-14-8-11)15-7-5-12-9-18-10-16-12/h1-4,6,8-10H,5,7H2,(H,15,17)/b4-3+. The molecule has 0 atom stereocenters. The monoisotopic (exact) mass is 259 g/mol. The van der Waals surface area contributed by atoms with Gasteiger partial charge in [-0.3, -0.25) is 9.78 Å². The van der Waals surface area contributed by atoms with Gasteiger partial charge in [0.05, 0.1) is 11.2 Å². The third kappa shape index (κ3) is 4.10. The van der Waals surface area contributed by atoms with Gasteiger partial charge in [-0.25, -0.2) is 4.98 Å². The van der Waals surface area contributed by atoms with Crippen LogP contribution in [0.4, 0.5) is 0 Å². The summed E-state index contributed by atoms with van der Waals surface area (Å²) in [6.07, 6.45) is 7.42. The fraction of sp³-hybridized carbons (Fsp3) is 0.154. The first-order valence-electron chi connectivity index (χ1n) is 5.57. The van der Waals surface area contributed by atoms with Crippen LogP contribution in [-0.2, 0) is 11.2 Å². The summed E-state index contributed by atoms with van der Waals surface area (Å²) in [5.41, 5.74) is 3.71. The SMILES string of the molecule is O=C(/C=C/c1cccnc1)NCCc1cscn1. The highest BCUT2D eigenvalue weighted by Gasteiger charge is 1.97. The molecule has 18 heavy (non-hydrogen) atoms. The summed E-state index contributed by atoms with van der Waals surface area (Å²) in [6, 6.07) is 3.73. The van der Waals surface area contributed by atoms with E-state index < -0.39 is 0 Å². The number of hydrogen-bond acceptors (Lipinski definition) is 4. The summed E-state index contributed by atoms with van der Waals surface area (Å²) in [6.45, 7) is 0.597. The largest absolute Gasteiger partial charge is 0.352 e. The predicted octanol–water partition coefficient (Wildman–Crippen LogP) is 1.91. The molecular weight excluding hydrogens is 246 g/mol. The normalized spacial score (nSPS) is 10.7. The third-order valence-electron chi connectivity index (χ3n) is 2.28. The number of hydrogen-bond donors (Lipinski definition) is 1. The molecule has 0 saturated heterocycles. The lowest BCUT2D eigenvalue weighted by Crippen LogP contribution is -2.23. The summed E-state index contributed by atoms with van der Waals surface area (Å²) in [5.74, 6) is -0.103. The topological polar surface area (TPSA) is 54.9 Å². The lowest BCUT2D eigenvalue weighted by Gasteiger charge is -1.99. The Balaban J connectivity index is 1.74. The maximum absolute atomic E-state index is 11.5. The number of nitrogens with one attached hydrogen (secondary N) is 1. The van der Waals surface area contributed by atoms with E-state index in [0.29, 0.717) is 6.54 Å². The smallest absolute Gasteiger partial charge is 0.244 e. The quantitative estimate of drug-likeness (QED) is 0.834. The maximum atomic E-state index is 11.5. The Bertz CT molecular complexity index is 508. The number of aromatic nitrogens is 2. The van der Waals surface area contributed by atoms with Gasteiger partial charge in [-0.05, 0) is 17.7 Å². The molecule has 0 unspecified atom stereocenters. The summed E-state index contributed by atoms with van der Waals surface area (Å²) >= 11 is 1.56. The zero-order valence-electron chi connectivity index (χ0n) is 9.74. The van der Waals surface area contributed by atoms with Gasteiger partial charge < -0.3 is 5.32 Å². The van der Waals surface area contributed by atoms with Crippen molar-refractivity contribution >= 4 is 23.3 Å². The number of pyridine rings is 1. The molecule has 0 bridgehead atoms. The van der Waals surface area contributed by atoms with Gasteiger partial charge >= 0.3 is 0 Å². The Morgan fingerprint density at radius 1 is 1.50 bits per heavy atom. The number of carbonyl (C=O) groups excluding carboxylic acids is 1. The van der Waals surface area contributed by atoms with Gasteiger partial charge in [0.2, 0.25) is 5.91 Å². The fourth-order valence-corrected chi connectivity index (χ4v) is 1.97. The highest BCUT2D eigenvalue weighted by atomic mass is 32.1. The first kappa shape index (κ1) is 12.4. The van der Waals surface area contributed by atoms with Crippen molar-refractivity contribution in [3.63, 3.8) is 0 Å². The fourth-order valence-electron chi connectivity index (χ4n) is 1.38. The molecule has 4 nitrogen and oxygen atoms in total. The molecule has 0 aliphatic carbocycles. The van der Waals surface area contributed by atoms with Crippen LogP contribution in [-0.4, -0.2) is 22.4 Å². The number of carbonyl (C=O) groups is 1. The first-order chi connectivity index (χ1) is 8.84. The van der Waals surface area contributed by atoms with E-state index in [1.165, 1.54) is 6.08 Å². The summed E-state index contributed by atoms with van der Waals surface area (Å²) < 4.78 is 0. The van der Waals surface area contributed by atoms with Gasteiger partial charge in [0, 0.05) is 36.8 Å². The van der Waals surface area contributed by atoms with E-state index in [-0.39, 0.29) is 5.91 Å². The number of rotatable bonds is 5. The molecule has 0 fully saturated rings. The van der Waals surface area contributed by atoms with Gasteiger partial charge in [-0.15, -0.1) is 11.3 Å². The molecule has 2 heterocycles. The van der Waals surface area contributed by atoms with Crippen LogP contribution < -0.4 is 5.32 Å². The molecule has 1 N–H and O–H groups in total. The minimum atomic E-state index is -0.103. The van der Waals surface area contributed by atoms with Gasteiger partial charge in [-0.2, -0.15) is 0 Å². The molecular formula is C13H13N3OS. The van der Waals surface area contributed by atoms with E-state index in [1.54, 1.807) is 35.3 Å². The average Bonchev–Trinajstić information content (AvgIpc) is 2.91. The molecule has 0 aromatic carbocycles. The van der Waals surface area contributed by atoms with E-state index in [0.717, 1.165) is 17.7 Å². The molecule has 92 valence electrons. The Morgan fingerprint density at radius 2 is 2.44 bits per heavy atom. The molecule has 0 aliphatic rings. The van der Waals surface area contributed by atoms with Crippen LogP contribution in [0.3, 0.4) is 0 Å². The molecule has 0 aliphatic heterocycles. The lowest BCUT2D eigenvalue weighted by atomic mass is 10.2. The Morgan fingerprint density at radius 3 is 3.17 bits per heavy atom. The molecule has 0 spiro atoms. The lowest BCUT2D eigenvalue weighted by molar-refractivity contribution is -0.116. The molecule has 2 rings (SSSR count). The summed E-state index contributed by atoms with van der Waals surface area (Å²) in [4.78, 5) is 19.6. The molecule has 2 aromatic rings. The summed E-state index contributed by atoms with van der Waals surface area (Å²) in [5, 5.41) is 4.79. The zero-order chi connectivity index (χ0) is 12.6. The van der Waals surface area contributed by atoms with Crippen molar-refractivity contribution in [2.45, 2.75) is 6.42 Å². The van der Waals surface area contributed by atoms with E-state index >= 15 is 0 Å². The van der Waals surface area contributed by atoms with Crippen molar-refractivity contribution in [2.75, 3.05) is 6.54 Å². The second-order valence-electron chi connectivity index (χ2n) is 3.64. The first-order valence-corrected chi connectivity index (χ1v) is 6.52. The van der Waals surface area contributed by atoms with Crippen molar-refractivity contribution in [3.8, 4) is 0 Å². The Hall–Kier alpha value is -2.01. The van der Waals surface area contributed by atoms with Gasteiger partial charge in [-0.1, -0.05) is 6.07 Å². The highest BCUT2D eigenvalue weighted by molar-refractivity contribution is 7.07. The highest BCUT2D eigenvalue weighted by Crippen LogP contribution is 2.01. The number of nitrogens with zero attached hydrogens (tertiary/aromatic N) is 2. The second-order valence-corrected chi connectivity index (χ2v) is 4.36. The zero-order valence-corrected chi connectivity index (χ0v) is 10.6. The van der Waals surface area contributed by atoms with Crippen molar-refractivity contribution in [3.05, 3.63) is 52.8 Å². The van der Waals surface area contributed by atoms with E-state index in [9.17, 15) is 4.79 Å². The van der Waals surface area contributed by atoms with Crippen LogP contribution in [0.2, 0.25) is 0 Å². The number of thiazole rings is 1.